The van der Waals surface area contributed by atoms with E-state index in [9.17, 15) is 14.7 Å². The lowest BCUT2D eigenvalue weighted by Gasteiger charge is -2.17. The quantitative estimate of drug-likeness (QED) is 0.432. The highest BCUT2D eigenvalue weighted by atomic mass is 35.5. The Balaban J connectivity index is 3.05. The number of nitro groups is 1. The Bertz CT molecular complexity index is 498. The summed E-state index contributed by atoms with van der Waals surface area (Å²) in [6.45, 7) is 3.84. The first-order valence-electron chi connectivity index (χ1n) is 5.72. The van der Waals surface area contributed by atoms with Gasteiger partial charge >= 0.3 is 7.60 Å². The molecule has 0 heterocycles. The van der Waals surface area contributed by atoms with Crippen molar-refractivity contribution in [2.45, 2.75) is 20.0 Å². The van der Waals surface area contributed by atoms with Gasteiger partial charge < -0.3 is 9.05 Å². The van der Waals surface area contributed by atoms with Crippen LogP contribution in [0.15, 0.2) is 18.2 Å². The van der Waals surface area contributed by atoms with Gasteiger partial charge in [0.2, 0.25) is 0 Å². The zero-order chi connectivity index (χ0) is 14.5. The van der Waals surface area contributed by atoms with Crippen molar-refractivity contribution in [3.8, 4) is 0 Å². The molecule has 0 aliphatic carbocycles. The highest BCUT2D eigenvalue weighted by Gasteiger charge is 2.26. The molecule has 1 rings (SSSR count). The molecule has 0 spiro atoms. The maximum atomic E-state index is 12.3. The van der Waals surface area contributed by atoms with Gasteiger partial charge in [-0.15, -0.1) is 0 Å². The van der Waals surface area contributed by atoms with Crippen molar-refractivity contribution in [2.75, 3.05) is 13.2 Å². The Kier molecular flexibility index (Phi) is 5.94. The van der Waals surface area contributed by atoms with E-state index in [2.05, 4.69) is 0 Å². The van der Waals surface area contributed by atoms with E-state index in [0.29, 0.717) is 10.6 Å². The van der Waals surface area contributed by atoms with Crippen LogP contribution in [0.25, 0.3) is 0 Å². The molecule has 106 valence electrons. The number of halogens is 1. The molecule has 8 heteroatoms. The Labute approximate surface area is 116 Å². The van der Waals surface area contributed by atoms with Gasteiger partial charge in [-0.3, -0.25) is 14.7 Å². The summed E-state index contributed by atoms with van der Waals surface area (Å²) in [5, 5.41) is 11.0. The molecular weight excluding hydrogens is 293 g/mol. The Morgan fingerprint density at radius 2 is 1.89 bits per heavy atom. The SMILES string of the molecule is CCOP(=O)(Cc1cc([N+](=O)[O-])ccc1Cl)OCC. The topological polar surface area (TPSA) is 78.7 Å². The Morgan fingerprint density at radius 1 is 1.32 bits per heavy atom. The number of rotatable bonds is 7. The summed E-state index contributed by atoms with van der Waals surface area (Å²) >= 11 is 5.95. The molecule has 1 aromatic carbocycles. The summed E-state index contributed by atoms with van der Waals surface area (Å²) in [4.78, 5) is 10.2. The van der Waals surface area contributed by atoms with E-state index in [-0.39, 0.29) is 25.1 Å². The van der Waals surface area contributed by atoms with Crippen molar-refractivity contribution < 1.29 is 18.5 Å². The van der Waals surface area contributed by atoms with Crippen LogP contribution < -0.4 is 0 Å². The summed E-state index contributed by atoms with van der Waals surface area (Å²) < 4.78 is 22.6. The smallest absolute Gasteiger partial charge is 0.309 e. The number of non-ortho nitro benzene ring substituents is 1. The molecular formula is C11H15ClNO5P. The fourth-order valence-electron chi connectivity index (χ4n) is 1.53. The van der Waals surface area contributed by atoms with Crippen molar-refractivity contribution in [2.24, 2.45) is 0 Å². The predicted molar refractivity (Wildman–Crippen MR) is 72.7 cm³/mol. The standard InChI is InChI=1S/C11H15ClNO5P/c1-3-17-19(16,18-4-2)8-9-7-10(13(14)15)5-6-11(9)12/h5-7H,3-4,8H2,1-2H3. The van der Waals surface area contributed by atoms with Crippen LogP contribution in [0.3, 0.4) is 0 Å². The molecule has 0 aromatic heterocycles. The van der Waals surface area contributed by atoms with Crippen LogP contribution in [0.5, 0.6) is 0 Å². The van der Waals surface area contributed by atoms with E-state index in [1.54, 1.807) is 13.8 Å². The molecule has 0 fully saturated rings. The normalized spacial score (nSPS) is 11.5. The van der Waals surface area contributed by atoms with Crippen LogP contribution in [0, 0.1) is 10.1 Å². The molecule has 0 saturated carbocycles. The molecule has 0 saturated heterocycles. The fraction of sp³-hybridized carbons (Fsp3) is 0.455. The van der Waals surface area contributed by atoms with E-state index in [0.717, 1.165) is 0 Å². The second-order valence-corrected chi connectivity index (χ2v) is 6.10. The maximum Gasteiger partial charge on any atom is 0.335 e. The maximum absolute atomic E-state index is 12.3. The van der Waals surface area contributed by atoms with Crippen molar-refractivity contribution in [3.05, 3.63) is 38.9 Å². The second kappa shape index (κ2) is 7.01. The highest BCUT2D eigenvalue weighted by molar-refractivity contribution is 7.53. The molecule has 1 aromatic rings. The molecule has 0 N–H and O–H groups in total. The number of nitro benzene ring substituents is 1. The third kappa shape index (κ3) is 4.58. The lowest BCUT2D eigenvalue weighted by atomic mass is 10.2. The van der Waals surface area contributed by atoms with Gasteiger partial charge in [0.15, 0.2) is 0 Å². The molecule has 0 aliphatic rings. The molecule has 0 radical (unpaired) electrons. The average Bonchev–Trinajstić information content (AvgIpc) is 2.32. The minimum atomic E-state index is -3.33. The van der Waals surface area contributed by atoms with Crippen LogP contribution in [0.1, 0.15) is 19.4 Å². The summed E-state index contributed by atoms with van der Waals surface area (Å²) in [5.41, 5.74) is 0.264. The Hall–Kier alpha value is -0.940. The van der Waals surface area contributed by atoms with Crippen LogP contribution >= 0.6 is 19.2 Å². The minimum Gasteiger partial charge on any atom is -0.309 e. The Morgan fingerprint density at radius 3 is 2.37 bits per heavy atom. The summed E-state index contributed by atoms with van der Waals surface area (Å²) in [6.07, 6.45) is -0.0881. The summed E-state index contributed by atoms with van der Waals surface area (Å²) in [6, 6.07) is 3.97. The van der Waals surface area contributed by atoms with Gasteiger partial charge in [0, 0.05) is 17.2 Å². The van der Waals surface area contributed by atoms with Gasteiger partial charge in [0.05, 0.1) is 24.3 Å². The fourth-order valence-corrected chi connectivity index (χ4v) is 3.53. The molecule has 0 aliphatic heterocycles. The molecule has 0 unspecified atom stereocenters. The first-order valence-corrected chi connectivity index (χ1v) is 7.83. The van der Waals surface area contributed by atoms with Gasteiger partial charge in [-0.25, -0.2) is 0 Å². The van der Waals surface area contributed by atoms with Crippen molar-refractivity contribution >= 4 is 24.9 Å². The van der Waals surface area contributed by atoms with Crippen LogP contribution in [-0.2, 0) is 19.8 Å². The van der Waals surface area contributed by atoms with E-state index in [1.807, 2.05) is 0 Å². The second-order valence-electron chi connectivity index (χ2n) is 3.64. The van der Waals surface area contributed by atoms with Gasteiger partial charge in [0.25, 0.3) is 5.69 Å². The zero-order valence-corrected chi connectivity index (χ0v) is 12.3. The summed E-state index contributed by atoms with van der Waals surface area (Å²) in [7, 11) is -3.33. The lowest BCUT2D eigenvalue weighted by Crippen LogP contribution is -2.00. The van der Waals surface area contributed by atoms with Crippen molar-refractivity contribution in [1.29, 1.82) is 0 Å². The molecule has 6 nitrogen and oxygen atoms in total. The van der Waals surface area contributed by atoms with Crippen LogP contribution in [0.4, 0.5) is 5.69 Å². The predicted octanol–water partition coefficient (Wildman–Crippen LogP) is 4.01. The molecule has 0 amide bonds. The van der Waals surface area contributed by atoms with Crippen LogP contribution in [-0.4, -0.2) is 18.1 Å². The van der Waals surface area contributed by atoms with Gasteiger partial charge in [0.1, 0.15) is 0 Å². The monoisotopic (exact) mass is 307 g/mol. The van der Waals surface area contributed by atoms with Gasteiger partial charge in [-0.1, -0.05) is 11.6 Å². The number of hydrogen-bond donors (Lipinski definition) is 0. The average molecular weight is 308 g/mol. The number of hydrogen-bond acceptors (Lipinski definition) is 5. The van der Waals surface area contributed by atoms with Gasteiger partial charge in [-0.2, -0.15) is 0 Å². The molecule has 0 atom stereocenters. The summed E-state index contributed by atoms with van der Waals surface area (Å²) in [5.74, 6) is 0. The third-order valence-corrected chi connectivity index (χ3v) is 4.66. The highest BCUT2D eigenvalue weighted by Crippen LogP contribution is 2.52. The molecule has 19 heavy (non-hydrogen) atoms. The zero-order valence-electron chi connectivity index (χ0n) is 10.7. The number of nitrogens with zero attached hydrogens (tertiary/aromatic N) is 1. The van der Waals surface area contributed by atoms with E-state index in [4.69, 9.17) is 20.6 Å². The minimum absolute atomic E-state index is 0.0881. The van der Waals surface area contributed by atoms with Crippen LogP contribution in [0.2, 0.25) is 5.02 Å². The largest absolute Gasteiger partial charge is 0.335 e. The lowest BCUT2D eigenvalue weighted by molar-refractivity contribution is -0.384. The van der Waals surface area contributed by atoms with E-state index >= 15 is 0 Å². The van der Waals surface area contributed by atoms with Gasteiger partial charge in [-0.05, 0) is 25.5 Å². The van der Waals surface area contributed by atoms with E-state index < -0.39 is 12.5 Å². The number of benzene rings is 1. The van der Waals surface area contributed by atoms with E-state index in [1.165, 1.54) is 18.2 Å². The first kappa shape index (κ1) is 16.1. The van der Waals surface area contributed by atoms with Crippen molar-refractivity contribution in [3.63, 3.8) is 0 Å². The molecule has 0 bridgehead atoms. The third-order valence-electron chi connectivity index (χ3n) is 2.26. The first-order chi connectivity index (χ1) is 8.91. The van der Waals surface area contributed by atoms with Crippen molar-refractivity contribution in [1.82, 2.24) is 0 Å².